The van der Waals surface area contributed by atoms with Gasteiger partial charge in [-0.1, -0.05) is 24.3 Å². The molecule has 3 heterocycles. The van der Waals surface area contributed by atoms with Crippen LogP contribution in [0.3, 0.4) is 0 Å². The predicted molar refractivity (Wildman–Crippen MR) is 142 cm³/mol. The zero-order valence-corrected chi connectivity index (χ0v) is 21.4. The Morgan fingerprint density at radius 2 is 2.00 bits per heavy atom. The number of aromatic nitrogens is 2. The summed E-state index contributed by atoms with van der Waals surface area (Å²) in [5, 5.41) is 5.90. The highest BCUT2D eigenvalue weighted by atomic mass is 19.1. The van der Waals surface area contributed by atoms with Gasteiger partial charge in [0.2, 0.25) is 11.8 Å². The van der Waals surface area contributed by atoms with Crippen LogP contribution in [0.4, 0.5) is 8.78 Å². The maximum Gasteiger partial charge on any atom is 0.270 e. The summed E-state index contributed by atoms with van der Waals surface area (Å²) in [6, 6.07) is 9.29. The fraction of sp³-hybridized carbons (Fsp3) is 0.345. The van der Waals surface area contributed by atoms with Crippen molar-refractivity contribution in [2.45, 2.75) is 44.4 Å². The number of carbonyl (C=O) groups is 3. The molecule has 1 aliphatic heterocycles. The number of halogens is 2. The summed E-state index contributed by atoms with van der Waals surface area (Å²) in [6.45, 7) is 1.14. The van der Waals surface area contributed by atoms with E-state index in [1.54, 1.807) is 19.2 Å². The molecule has 39 heavy (non-hydrogen) atoms. The van der Waals surface area contributed by atoms with Crippen molar-refractivity contribution < 1.29 is 23.2 Å². The maximum atomic E-state index is 14.4. The molecule has 0 bridgehead atoms. The van der Waals surface area contributed by atoms with Crippen LogP contribution in [0.25, 0.3) is 17.0 Å². The molecule has 0 spiro atoms. The van der Waals surface area contributed by atoms with Gasteiger partial charge in [-0.3, -0.25) is 19.4 Å². The molecular formula is C29H29F2N5O3. The van der Waals surface area contributed by atoms with Gasteiger partial charge < -0.3 is 15.5 Å². The van der Waals surface area contributed by atoms with Gasteiger partial charge in [0.25, 0.3) is 5.91 Å². The maximum absolute atomic E-state index is 14.4. The average Bonchev–Trinajstić information content (AvgIpc) is 3.68. The van der Waals surface area contributed by atoms with Crippen LogP contribution in [0.1, 0.15) is 54.0 Å². The van der Waals surface area contributed by atoms with Crippen molar-refractivity contribution in [1.82, 2.24) is 25.5 Å². The number of hydrogen-bond donors (Lipinski definition) is 2. The van der Waals surface area contributed by atoms with Crippen molar-refractivity contribution in [3.8, 4) is 0 Å². The number of hydrogen-bond acceptors (Lipinski definition) is 5. The number of benzene rings is 1. The number of pyridine rings is 2. The lowest BCUT2D eigenvalue weighted by Gasteiger charge is -2.25. The molecule has 202 valence electrons. The van der Waals surface area contributed by atoms with E-state index in [4.69, 9.17) is 0 Å². The van der Waals surface area contributed by atoms with Crippen molar-refractivity contribution in [2.75, 3.05) is 13.1 Å². The highest BCUT2D eigenvalue weighted by molar-refractivity contribution is 5.97. The van der Waals surface area contributed by atoms with Gasteiger partial charge in [0, 0.05) is 18.0 Å². The minimum Gasteiger partial charge on any atom is -0.346 e. The smallest absolute Gasteiger partial charge is 0.270 e. The number of nitrogens with zero attached hydrogens (tertiary/aromatic N) is 3. The Hall–Kier alpha value is -4.21. The molecule has 1 aromatic carbocycles. The normalized spacial score (nSPS) is 19.8. The second kappa shape index (κ2) is 11.3. The van der Waals surface area contributed by atoms with Gasteiger partial charge in [-0.25, -0.2) is 13.8 Å². The number of alkyl halides is 1. The molecule has 1 aliphatic carbocycles. The summed E-state index contributed by atoms with van der Waals surface area (Å²) in [6.07, 6.45) is 6.67. The lowest BCUT2D eigenvalue weighted by molar-refractivity contribution is -0.138. The van der Waals surface area contributed by atoms with E-state index in [9.17, 15) is 23.2 Å². The molecule has 2 fully saturated rings. The molecule has 3 atom stereocenters. The molecule has 2 aliphatic rings. The third-order valence-electron chi connectivity index (χ3n) is 6.97. The summed E-state index contributed by atoms with van der Waals surface area (Å²) in [7, 11) is 0. The largest absolute Gasteiger partial charge is 0.346 e. The molecular weight excluding hydrogens is 504 g/mol. The molecule has 1 saturated heterocycles. The lowest BCUT2D eigenvalue weighted by atomic mass is 10.1. The van der Waals surface area contributed by atoms with E-state index in [1.807, 2.05) is 18.2 Å². The molecule has 1 saturated carbocycles. The van der Waals surface area contributed by atoms with Crippen LogP contribution in [-0.2, 0) is 9.59 Å². The van der Waals surface area contributed by atoms with Crippen LogP contribution in [0.15, 0.2) is 54.7 Å². The van der Waals surface area contributed by atoms with E-state index in [0.717, 1.165) is 10.5 Å². The van der Waals surface area contributed by atoms with Crippen LogP contribution in [0.5, 0.6) is 0 Å². The first-order valence-electron chi connectivity index (χ1n) is 13.0. The Kier molecular flexibility index (Phi) is 7.63. The Balaban J connectivity index is 1.21. The number of likely N-dealkylation sites (tertiary alicyclic amines) is 1. The Morgan fingerprint density at radius 1 is 1.18 bits per heavy atom. The number of allylic oxidation sites excluding steroid dienone is 1. The Labute approximate surface area is 224 Å². The number of rotatable bonds is 8. The number of amides is 3. The molecule has 10 heteroatoms. The summed E-state index contributed by atoms with van der Waals surface area (Å²) in [4.78, 5) is 48.5. The van der Waals surface area contributed by atoms with Gasteiger partial charge in [-0.2, -0.15) is 0 Å². The third kappa shape index (κ3) is 6.27. The molecule has 5 rings (SSSR count). The van der Waals surface area contributed by atoms with Gasteiger partial charge in [0.1, 0.15) is 23.7 Å². The van der Waals surface area contributed by atoms with E-state index in [0.29, 0.717) is 22.5 Å². The van der Waals surface area contributed by atoms with Gasteiger partial charge in [-0.15, -0.1) is 0 Å². The van der Waals surface area contributed by atoms with E-state index >= 15 is 0 Å². The minimum absolute atomic E-state index is 0.0525. The fourth-order valence-corrected chi connectivity index (χ4v) is 4.72. The molecule has 0 unspecified atom stereocenters. The molecule has 2 aromatic heterocycles. The summed E-state index contributed by atoms with van der Waals surface area (Å²) < 4.78 is 27.8. The highest BCUT2D eigenvalue weighted by Crippen LogP contribution is 2.31. The van der Waals surface area contributed by atoms with Crippen LogP contribution < -0.4 is 10.6 Å². The van der Waals surface area contributed by atoms with Gasteiger partial charge in [-0.05, 0) is 61.6 Å². The first-order valence-corrected chi connectivity index (χ1v) is 13.0. The van der Waals surface area contributed by atoms with Crippen molar-refractivity contribution in [3.63, 3.8) is 0 Å². The van der Waals surface area contributed by atoms with Crippen molar-refractivity contribution >= 4 is 34.7 Å². The van der Waals surface area contributed by atoms with E-state index in [2.05, 4.69) is 26.7 Å². The second-order valence-electron chi connectivity index (χ2n) is 10.0. The van der Waals surface area contributed by atoms with Crippen LogP contribution in [0.2, 0.25) is 0 Å². The Bertz CT molecular complexity index is 1440. The Morgan fingerprint density at radius 3 is 2.79 bits per heavy atom. The molecule has 8 nitrogen and oxygen atoms in total. The number of fused-ring (bicyclic) bond motifs is 1. The van der Waals surface area contributed by atoms with E-state index in [-0.39, 0.29) is 18.7 Å². The molecule has 2 N–H and O–H groups in total. The third-order valence-corrected chi connectivity index (χ3v) is 6.97. The number of carbonyl (C=O) groups excluding carboxylic acids is 3. The van der Waals surface area contributed by atoms with Crippen LogP contribution in [-0.4, -0.2) is 57.9 Å². The van der Waals surface area contributed by atoms with Gasteiger partial charge in [0.15, 0.2) is 0 Å². The minimum atomic E-state index is -1.36. The first-order chi connectivity index (χ1) is 18.8. The van der Waals surface area contributed by atoms with Crippen molar-refractivity contribution in [2.24, 2.45) is 5.92 Å². The monoisotopic (exact) mass is 533 g/mol. The van der Waals surface area contributed by atoms with Crippen LogP contribution in [0, 0.1) is 11.7 Å². The quantitative estimate of drug-likeness (QED) is 0.459. The molecule has 3 aromatic rings. The zero-order valence-electron chi connectivity index (χ0n) is 21.4. The zero-order chi connectivity index (χ0) is 27.5. The number of nitrogens with one attached hydrogen (secondary N) is 2. The molecule has 0 radical (unpaired) electrons. The summed E-state index contributed by atoms with van der Waals surface area (Å²) >= 11 is 0. The standard InChI is InChI=1S/C29H29F2N5O3/c1-17(27-19(3-2-12-32-27)7-6-18-4-5-18)34-29(39)25-14-22(31)16-36(25)26(37)15-33-28(38)24-10-8-20-13-21(30)9-11-23(20)35-24/h2-3,6-13,17-18,22,25H,4-5,14-16H2,1H3,(H,33,38)(H,34,39)/b7-6+/t17-,22+,25-/m0/s1. The first kappa shape index (κ1) is 26.4. The predicted octanol–water partition coefficient (Wildman–Crippen LogP) is 3.74. The van der Waals surface area contributed by atoms with Crippen molar-refractivity contribution in [3.05, 3.63) is 77.5 Å². The van der Waals surface area contributed by atoms with Gasteiger partial charge >= 0.3 is 0 Å². The van der Waals surface area contributed by atoms with Crippen LogP contribution >= 0.6 is 0 Å². The lowest BCUT2D eigenvalue weighted by Crippen LogP contribution is -2.49. The van der Waals surface area contributed by atoms with Crippen molar-refractivity contribution in [1.29, 1.82) is 0 Å². The summed E-state index contributed by atoms with van der Waals surface area (Å²) in [5.74, 6) is -1.49. The second-order valence-corrected chi connectivity index (χ2v) is 10.0. The SMILES string of the molecule is C[C@H](NC(=O)[C@@H]1C[C@@H](F)CN1C(=O)CNC(=O)c1ccc2cc(F)ccc2n1)c1ncccc1/C=C/C1CC1. The topological polar surface area (TPSA) is 104 Å². The average molecular weight is 534 g/mol. The summed E-state index contributed by atoms with van der Waals surface area (Å²) in [5.41, 5.74) is 2.07. The van der Waals surface area contributed by atoms with Gasteiger partial charge in [0.05, 0.1) is 30.3 Å². The van der Waals surface area contributed by atoms with E-state index in [1.165, 1.54) is 37.1 Å². The fourth-order valence-electron chi connectivity index (χ4n) is 4.72. The molecule has 3 amide bonds. The van der Waals surface area contributed by atoms with E-state index < -0.39 is 48.3 Å². The highest BCUT2D eigenvalue weighted by Gasteiger charge is 2.40.